The number of hydrogen-bond acceptors (Lipinski definition) is 2. The van der Waals surface area contributed by atoms with Crippen molar-refractivity contribution in [1.29, 1.82) is 0 Å². The molecule has 0 aromatic heterocycles. The van der Waals surface area contributed by atoms with Crippen LogP contribution in [0.2, 0.25) is 0 Å². The summed E-state index contributed by atoms with van der Waals surface area (Å²) in [6, 6.07) is 5.89. The lowest BCUT2D eigenvalue weighted by Crippen LogP contribution is -2.29. The molecule has 0 fully saturated rings. The third kappa shape index (κ3) is 3.92. The Bertz CT molecular complexity index is 488. The van der Waals surface area contributed by atoms with Crippen molar-refractivity contribution in [1.82, 2.24) is 5.32 Å². The van der Waals surface area contributed by atoms with Gasteiger partial charge in [0.05, 0.1) is 0 Å². The van der Waals surface area contributed by atoms with Crippen molar-refractivity contribution < 1.29 is 4.79 Å². The summed E-state index contributed by atoms with van der Waals surface area (Å²) in [4.78, 5) is 11.3. The Hall–Kier alpha value is -1.62. The molecule has 1 aliphatic rings. The van der Waals surface area contributed by atoms with Crippen LogP contribution in [-0.2, 0) is 11.2 Å². The molecular formula is C14H19N3OS. The van der Waals surface area contributed by atoms with Crippen molar-refractivity contribution >= 4 is 34.6 Å². The van der Waals surface area contributed by atoms with Gasteiger partial charge in [-0.25, -0.2) is 0 Å². The van der Waals surface area contributed by atoms with Crippen LogP contribution in [0.1, 0.15) is 31.7 Å². The summed E-state index contributed by atoms with van der Waals surface area (Å²) >= 11 is 5.23. The third-order valence-corrected chi connectivity index (χ3v) is 3.32. The summed E-state index contributed by atoms with van der Waals surface area (Å²) < 4.78 is 0. The van der Waals surface area contributed by atoms with E-state index in [4.69, 9.17) is 12.2 Å². The Morgan fingerprint density at radius 1 is 1.42 bits per heavy atom. The number of rotatable bonds is 4. The van der Waals surface area contributed by atoms with Crippen molar-refractivity contribution in [2.24, 2.45) is 0 Å². The van der Waals surface area contributed by atoms with E-state index in [1.807, 2.05) is 18.2 Å². The second kappa shape index (κ2) is 6.52. The van der Waals surface area contributed by atoms with Gasteiger partial charge in [0.2, 0.25) is 5.91 Å². The largest absolute Gasteiger partial charge is 0.362 e. The van der Waals surface area contributed by atoms with Gasteiger partial charge in [-0.2, -0.15) is 0 Å². The van der Waals surface area contributed by atoms with E-state index in [2.05, 4.69) is 22.9 Å². The van der Waals surface area contributed by atoms with E-state index in [9.17, 15) is 4.79 Å². The predicted octanol–water partition coefficient (Wildman–Crippen LogP) is 2.66. The van der Waals surface area contributed by atoms with Gasteiger partial charge in [0.1, 0.15) is 0 Å². The first-order valence-electron chi connectivity index (χ1n) is 6.66. The lowest BCUT2D eigenvalue weighted by atomic mass is 10.0. The molecule has 2 rings (SSSR count). The molecule has 0 bridgehead atoms. The fourth-order valence-corrected chi connectivity index (χ4v) is 2.24. The molecule has 4 nitrogen and oxygen atoms in total. The second-order valence-corrected chi connectivity index (χ2v) is 5.06. The second-order valence-electron chi connectivity index (χ2n) is 4.65. The minimum atomic E-state index is 0.0879. The highest BCUT2D eigenvalue weighted by Crippen LogP contribution is 2.25. The van der Waals surface area contributed by atoms with E-state index >= 15 is 0 Å². The first-order chi connectivity index (χ1) is 9.19. The fraction of sp³-hybridized carbons (Fsp3) is 0.429. The highest BCUT2D eigenvalue weighted by molar-refractivity contribution is 7.80. The van der Waals surface area contributed by atoms with Crippen LogP contribution in [0, 0.1) is 0 Å². The number of aryl methyl sites for hydroxylation is 1. The predicted molar refractivity (Wildman–Crippen MR) is 82.5 cm³/mol. The summed E-state index contributed by atoms with van der Waals surface area (Å²) in [6.07, 6.45) is 3.59. The number of benzene rings is 1. The van der Waals surface area contributed by atoms with E-state index < -0.39 is 0 Å². The van der Waals surface area contributed by atoms with Gasteiger partial charge < -0.3 is 16.0 Å². The quantitative estimate of drug-likeness (QED) is 0.585. The molecule has 0 spiro atoms. The highest BCUT2D eigenvalue weighted by atomic mass is 32.1. The molecule has 5 heteroatoms. The molecule has 1 aromatic carbocycles. The molecule has 0 atom stereocenters. The molecule has 0 aliphatic carbocycles. The first kappa shape index (κ1) is 13.8. The van der Waals surface area contributed by atoms with Gasteiger partial charge in [-0.15, -0.1) is 0 Å². The van der Waals surface area contributed by atoms with Crippen LogP contribution in [-0.4, -0.2) is 17.6 Å². The van der Waals surface area contributed by atoms with Crippen LogP contribution in [0.5, 0.6) is 0 Å². The Labute approximate surface area is 119 Å². The monoisotopic (exact) mass is 277 g/mol. The summed E-state index contributed by atoms with van der Waals surface area (Å²) in [7, 11) is 0. The minimum absolute atomic E-state index is 0.0879. The maximum atomic E-state index is 11.3. The third-order valence-electron chi connectivity index (χ3n) is 3.07. The van der Waals surface area contributed by atoms with Gasteiger partial charge in [-0.05, 0) is 48.8 Å². The first-order valence-corrected chi connectivity index (χ1v) is 7.07. The SMILES string of the molecule is CCCCNC(=S)Nc1ccc2c(c1)CCC(=O)N2. The molecule has 1 heterocycles. The van der Waals surface area contributed by atoms with E-state index in [0.717, 1.165) is 42.7 Å². The van der Waals surface area contributed by atoms with Crippen molar-refractivity contribution in [2.45, 2.75) is 32.6 Å². The maximum absolute atomic E-state index is 11.3. The zero-order valence-corrected chi connectivity index (χ0v) is 11.9. The number of hydrogen-bond donors (Lipinski definition) is 3. The van der Waals surface area contributed by atoms with Crippen molar-refractivity contribution in [3.8, 4) is 0 Å². The smallest absolute Gasteiger partial charge is 0.224 e. The number of fused-ring (bicyclic) bond motifs is 1. The van der Waals surface area contributed by atoms with Crippen molar-refractivity contribution in [2.75, 3.05) is 17.2 Å². The number of anilines is 2. The lowest BCUT2D eigenvalue weighted by molar-refractivity contribution is -0.116. The normalized spacial score (nSPS) is 13.4. The zero-order chi connectivity index (χ0) is 13.7. The van der Waals surface area contributed by atoms with Crippen LogP contribution < -0.4 is 16.0 Å². The van der Waals surface area contributed by atoms with E-state index in [1.165, 1.54) is 0 Å². The lowest BCUT2D eigenvalue weighted by Gasteiger charge is -2.18. The number of unbranched alkanes of at least 4 members (excludes halogenated alkanes) is 1. The molecule has 0 radical (unpaired) electrons. The fourth-order valence-electron chi connectivity index (χ4n) is 2.02. The summed E-state index contributed by atoms with van der Waals surface area (Å²) in [6.45, 7) is 3.04. The van der Waals surface area contributed by atoms with Gasteiger partial charge >= 0.3 is 0 Å². The number of thiocarbonyl (C=S) groups is 1. The zero-order valence-electron chi connectivity index (χ0n) is 11.1. The topological polar surface area (TPSA) is 53.2 Å². The standard InChI is InChI=1S/C14H19N3OS/c1-2-3-8-15-14(19)16-11-5-6-12-10(9-11)4-7-13(18)17-12/h5-6,9H,2-4,7-8H2,1H3,(H,17,18)(H2,15,16,19). The molecule has 19 heavy (non-hydrogen) atoms. The van der Waals surface area contributed by atoms with Crippen LogP contribution in [0.15, 0.2) is 18.2 Å². The van der Waals surface area contributed by atoms with E-state index in [-0.39, 0.29) is 5.91 Å². The Balaban J connectivity index is 1.95. The van der Waals surface area contributed by atoms with Gasteiger partial charge in [-0.1, -0.05) is 13.3 Å². The van der Waals surface area contributed by atoms with Gasteiger partial charge in [-0.3, -0.25) is 4.79 Å². The summed E-state index contributed by atoms with van der Waals surface area (Å²) in [5, 5.41) is 9.85. The van der Waals surface area contributed by atoms with Crippen LogP contribution in [0.25, 0.3) is 0 Å². The highest BCUT2D eigenvalue weighted by Gasteiger charge is 2.14. The molecule has 102 valence electrons. The average molecular weight is 277 g/mol. The summed E-state index contributed by atoms with van der Waals surface area (Å²) in [5.41, 5.74) is 3.02. The molecule has 1 aromatic rings. The Kier molecular flexibility index (Phi) is 4.74. The number of carbonyl (C=O) groups is 1. The molecule has 0 saturated carbocycles. The van der Waals surface area contributed by atoms with Crippen molar-refractivity contribution in [3.05, 3.63) is 23.8 Å². The molecule has 0 saturated heterocycles. The molecule has 0 unspecified atom stereocenters. The van der Waals surface area contributed by atoms with Gasteiger partial charge in [0.25, 0.3) is 0 Å². The van der Waals surface area contributed by atoms with Crippen molar-refractivity contribution in [3.63, 3.8) is 0 Å². The maximum Gasteiger partial charge on any atom is 0.224 e. The molecular weight excluding hydrogens is 258 g/mol. The van der Waals surface area contributed by atoms with Gasteiger partial charge in [0, 0.05) is 24.3 Å². The van der Waals surface area contributed by atoms with E-state index in [1.54, 1.807) is 0 Å². The van der Waals surface area contributed by atoms with Crippen LogP contribution in [0.4, 0.5) is 11.4 Å². The molecule has 1 aliphatic heterocycles. The summed E-state index contributed by atoms with van der Waals surface area (Å²) in [5.74, 6) is 0.0879. The number of amides is 1. The van der Waals surface area contributed by atoms with Crippen LogP contribution in [0.3, 0.4) is 0 Å². The number of carbonyl (C=O) groups excluding carboxylic acids is 1. The molecule has 1 amide bonds. The minimum Gasteiger partial charge on any atom is -0.362 e. The van der Waals surface area contributed by atoms with Gasteiger partial charge in [0.15, 0.2) is 5.11 Å². The number of nitrogens with one attached hydrogen (secondary N) is 3. The van der Waals surface area contributed by atoms with E-state index in [0.29, 0.717) is 11.5 Å². The average Bonchev–Trinajstić information content (AvgIpc) is 2.39. The van der Waals surface area contributed by atoms with Crippen LogP contribution >= 0.6 is 12.2 Å². The Morgan fingerprint density at radius 3 is 3.05 bits per heavy atom. The Morgan fingerprint density at radius 2 is 2.26 bits per heavy atom. The molecule has 3 N–H and O–H groups in total.